The minimum atomic E-state index is -0.441. The number of halogens is 2. The third kappa shape index (κ3) is 5.27. The molecule has 0 bridgehead atoms. The Labute approximate surface area is 115 Å². The van der Waals surface area contributed by atoms with Crippen LogP contribution in [0.4, 0.5) is 8.78 Å². The molecule has 1 N–H and O–H groups in total. The van der Waals surface area contributed by atoms with Crippen molar-refractivity contribution >= 4 is 0 Å². The van der Waals surface area contributed by atoms with Gasteiger partial charge in [0.2, 0.25) is 0 Å². The fourth-order valence-corrected chi connectivity index (χ4v) is 2.29. The van der Waals surface area contributed by atoms with Crippen molar-refractivity contribution in [2.45, 2.75) is 58.4 Å². The lowest BCUT2D eigenvalue weighted by Gasteiger charge is -2.20. The van der Waals surface area contributed by atoms with Crippen molar-refractivity contribution in [2.24, 2.45) is 0 Å². The molecular weight excluding hydrogens is 244 g/mol. The van der Waals surface area contributed by atoms with Crippen molar-refractivity contribution in [2.75, 3.05) is 6.54 Å². The smallest absolute Gasteiger partial charge is 0.130 e. The molecule has 1 nitrogen and oxygen atoms in total. The summed E-state index contributed by atoms with van der Waals surface area (Å²) in [5, 5.41) is 3.26. The lowest BCUT2D eigenvalue weighted by molar-refractivity contribution is 0.429. The van der Waals surface area contributed by atoms with Gasteiger partial charge in [-0.25, -0.2) is 8.78 Å². The third-order valence-electron chi connectivity index (χ3n) is 3.34. The molecule has 0 fully saturated rings. The van der Waals surface area contributed by atoms with Crippen molar-refractivity contribution in [3.63, 3.8) is 0 Å². The maximum absolute atomic E-state index is 13.8. The molecule has 0 amide bonds. The number of rotatable bonds is 9. The highest BCUT2D eigenvalue weighted by Gasteiger charge is 2.18. The van der Waals surface area contributed by atoms with Crippen molar-refractivity contribution in [1.29, 1.82) is 0 Å². The number of hydrogen-bond acceptors (Lipinski definition) is 1. The first-order valence-electron chi connectivity index (χ1n) is 7.38. The summed E-state index contributed by atoms with van der Waals surface area (Å²) in [6.45, 7) is 4.99. The molecule has 1 rings (SSSR count). The lowest BCUT2D eigenvalue weighted by atomic mass is 9.98. The average molecular weight is 269 g/mol. The predicted octanol–water partition coefficient (Wildman–Crippen LogP) is 4.98. The number of nitrogens with one attached hydrogen (secondary N) is 1. The second kappa shape index (κ2) is 9.03. The fourth-order valence-electron chi connectivity index (χ4n) is 2.29. The van der Waals surface area contributed by atoms with Crippen LogP contribution < -0.4 is 5.32 Å². The van der Waals surface area contributed by atoms with Crippen LogP contribution in [0.3, 0.4) is 0 Å². The zero-order valence-corrected chi connectivity index (χ0v) is 12.0. The Hall–Kier alpha value is -0.960. The molecule has 108 valence electrons. The standard InChI is InChI=1S/C16H25F2N/c1-3-5-6-7-11-15(19-12-4-2)16-13(17)9-8-10-14(16)18/h8-10,15,19H,3-7,11-12H2,1-2H3. The van der Waals surface area contributed by atoms with Crippen molar-refractivity contribution in [3.05, 3.63) is 35.4 Å². The summed E-state index contributed by atoms with van der Waals surface area (Å²) in [7, 11) is 0. The normalized spacial score (nSPS) is 12.6. The molecule has 1 aromatic carbocycles. The van der Waals surface area contributed by atoms with Gasteiger partial charge in [-0.2, -0.15) is 0 Å². The molecule has 0 heterocycles. The molecule has 0 saturated carbocycles. The van der Waals surface area contributed by atoms with Gasteiger partial charge in [-0.15, -0.1) is 0 Å². The monoisotopic (exact) mass is 269 g/mol. The summed E-state index contributed by atoms with van der Waals surface area (Å²) >= 11 is 0. The Kier molecular flexibility index (Phi) is 7.65. The van der Waals surface area contributed by atoms with E-state index >= 15 is 0 Å². The quantitative estimate of drug-likeness (QED) is 0.624. The first kappa shape index (κ1) is 16.1. The van der Waals surface area contributed by atoms with Gasteiger partial charge in [0.15, 0.2) is 0 Å². The molecular formula is C16H25F2N. The second-order valence-corrected chi connectivity index (χ2v) is 4.99. The van der Waals surface area contributed by atoms with E-state index in [9.17, 15) is 8.78 Å². The van der Waals surface area contributed by atoms with E-state index in [1.165, 1.54) is 31.0 Å². The molecule has 3 heteroatoms. The van der Waals surface area contributed by atoms with Gasteiger partial charge in [-0.3, -0.25) is 0 Å². The van der Waals surface area contributed by atoms with E-state index in [-0.39, 0.29) is 11.6 Å². The molecule has 0 radical (unpaired) electrons. The Balaban J connectivity index is 2.71. The van der Waals surface area contributed by atoms with Gasteiger partial charge in [0, 0.05) is 11.6 Å². The van der Waals surface area contributed by atoms with Crippen LogP contribution in [0.5, 0.6) is 0 Å². The molecule has 0 saturated heterocycles. The van der Waals surface area contributed by atoms with Gasteiger partial charge in [-0.1, -0.05) is 45.6 Å². The zero-order chi connectivity index (χ0) is 14.1. The Morgan fingerprint density at radius 2 is 1.68 bits per heavy atom. The summed E-state index contributed by atoms with van der Waals surface area (Å²) in [5.74, 6) is -0.881. The number of hydrogen-bond donors (Lipinski definition) is 1. The van der Waals surface area contributed by atoms with Gasteiger partial charge in [0.05, 0.1) is 0 Å². The summed E-state index contributed by atoms with van der Waals surface area (Å²) in [4.78, 5) is 0. The Morgan fingerprint density at radius 1 is 1.00 bits per heavy atom. The molecule has 19 heavy (non-hydrogen) atoms. The minimum Gasteiger partial charge on any atom is -0.310 e. The van der Waals surface area contributed by atoms with Crippen LogP contribution in [0.1, 0.15) is 64.0 Å². The van der Waals surface area contributed by atoms with Crippen molar-refractivity contribution < 1.29 is 8.78 Å². The highest BCUT2D eigenvalue weighted by Crippen LogP contribution is 2.25. The molecule has 0 aliphatic heterocycles. The van der Waals surface area contributed by atoms with E-state index < -0.39 is 11.6 Å². The molecule has 0 aliphatic rings. The maximum Gasteiger partial charge on any atom is 0.130 e. The van der Waals surface area contributed by atoms with Crippen LogP contribution >= 0.6 is 0 Å². The summed E-state index contributed by atoms with van der Waals surface area (Å²) < 4.78 is 27.6. The van der Waals surface area contributed by atoms with E-state index in [1.54, 1.807) is 0 Å². The molecule has 1 aromatic rings. The van der Waals surface area contributed by atoms with E-state index in [2.05, 4.69) is 19.2 Å². The minimum absolute atomic E-state index is 0.201. The van der Waals surface area contributed by atoms with Gasteiger partial charge < -0.3 is 5.32 Å². The first-order valence-corrected chi connectivity index (χ1v) is 7.38. The third-order valence-corrected chi connectivity index (χ3v) is 3.34. The average Bonchev–Trinajstić information content (AvgIpc) is 2.39. The van der Waals surface area contributed by atoms with Gasteiger partial charge >= 0.3 is 0 Å². The van der Waals surface area contributed by atoms with E-state index in [1.807, 2.05) is 0 Å². The van der Waals surface area contributed by atoms with Crippen LogP contribution in [-0.4, -0.2) is 6.54 Å². The SMILES string of the molecule is CCCCCCC(NCCC)c1c(F)cccc1F. The van der Waals surface area contributed by atoms with Crippen LogP contribution in [0.2, 0.25) is 0 Å². The lowest BCUT2D eigenvalue weighted by Crippen LogP contribution is -2.24. The van der Waals surface area contributed by atoms with E-state index in [4.69, 9.17) is 0 Å². The highest BCUT2D eigenvalue weighted by molar-refractivity contribution is 5.23. The number of unbranched alkanes of at least 4 members (excludes halogenated alkanes) is 3. The first-order chi connectivity index (χ1) is 9.20. The van der Waals surface area contributed by atoms with E-state index in [0.29, 0.717) is 0 Å². The molecule has 1 unspecified atom stereocenters. The van der Waals surface area contributed by atoms with Crippen LogP contribution in [-0.2, 0) is 0 Å². The van der Waals surface area contributed by atoms with Crippen LogP contribution in [0.25, 0.3) is 0 Å². The Morgan fingerprint density at radius 3 is 2.26 bits per heavy atom. The molecule has 0 aliphatic carbocycles. The summed E-state index contributed by atoms with van der Waals surface area (Å²) in [5.41, 5.74) is 0.201. The van der Waals surface area contributed by atoms with Crippen LogP contribution in [0.15, 0.2) is 18.2 Å². The molecule has 0 spiro atoms. The largest absolute Gasteiger partial charge is 0.310 e. The molecule has 0 aromatic heterocycles. The Bertz CT molecular complexity index is 346. The van der Waals surface area contributed by atoms with Gasteiger partial charge in [0.1, 0.15) is 11.6 Å². The van der Waals surface area contributed by atoms with Crippen molar-refractivity contribution in [1.82, 2.24) is 5.32 Å². The number of benzene rings is 1. The van der Waals surface area contributed by atoms with Gasteiger partial charge in [0.25, 0.3) is 0 Å². The predicted molar refractivity (Wildman–Crippen MR) is 76.2 cm³/mol. The maximum atomic E-state index is 13.8. The van der Waals surface area contributed by atoms with Crippen molar-refractivity contribution in [3.8, 4) is 0 Å². The summed E-state index contributed by atoms with van der Waals surface area (Å²) in [6.07, 6.45) is 6.22. The second-order valence-electron chi connectivity index (χ2n) is 4.99. The topological polar surface area (TPSA) is 12.0 Å². The molecule has 1 atom stereocenters. The summed E-state index contributed by atoms with van der Waals surface area (Å²) in [6, 6.07) is 3.89. The fraction of sp³-hybridized carbons (Fsp3) is 0.625. The van der Waals surface area contributed by atoms with Gasteiger partial charge in [-0.05, 0) is 31.5 Å². The van der Waals surface area contributed by atoms with E-state index in [0.717, 1.165) is 32.2 Å². The highest BCUT2D eigenvalue weighted by atomic mass is 19.1. The zero-order valence-electron chi connectivity index (χ0n) is 12.0. The van der Waals surface area contributed by atoms with Crippen LogP contribution in [0, 0.1) is 11.6 Å².